The minimum absolute atomic E-state index is 0.409. The number of anilines is 1. The van der Waals surface area contributed by atoms with Crippen LogP contribution in [0.5, 0.6) is 0 Å². The number of aromatic nitrogens is 1. The Balaban J connectivity index is 2.14. The predicted octanol–water partition coefficient (Wildman–Crippen LogP) is 1.02. The van der Waals surface area contributed by atoms with Crippen molar-refractivity contribution < 1.29 is 4.39 Å². The van der Waals surface area contributed by atoms with Gasteiger partial charge in [0.1, 0.15) is 0 Å². The molecule has 1 aromatic heterocycles. The van der Waals surface area contributed by atoms with Crippen LogP contribution in [0.25, 0.3) is 0 Å². The smallest absolute Gasteiger partial charge is 0.214 e. The second kappa shape index (κ2) is 3.92. The van der Waals surface area contributed by atoms with E-state index in [1.807, 2.05) is 6.07 Å². The normalized spacial score (nSPS) is 22.4. The molecular weight excluding hydrogens is 181 g/mol. The van der Waals surface area contributed by atoms with Crippen molar-refractivity contribution in [3.05, 3.63) is 24.3 Å². The highest BCUT2D eigenvalue weighted by molar-refractivity contribution is 5.45. The van der Waals surface area contributed by atoms with Crippen LogP contribution in [0.4, 0.5) is 10.1 Å². The van der Waals surface area contributed by atoms with E-state index in [1.165, 1.54) is 12.3 Å². The summed E-state index contributed by atoms with van der Waals surface area (Å²) in [6, 6.07) is 3.79. The van der Waals surface area contributed by atoms with Crippen molar-refractivity contribution in [2.45, 2.75) is 13.0 Å². The van der Waals surface area contributed by atoms with E-state index in [0.717, 1.165) is 25.3 Å². The molecule has 0 aromatic carbocycles. The summed E-state index contributed by atoms with van der Waals surface area (Å²) in [5.41, 5.74) is 0.922. The van der Waals surface area contributed by atoms with E-state index in [9.17, 15) is 4.39 Å². The monoisotopic (exact) mass is 195 g/mol. The average Bonchev–Trinajstić information content (AvgIpc) is 2.18. The van der Waals surface area contributed by atoms with Crippen LogP contribution in [0.1, 0.15) is 6.92 Å². The predicted molar refractivity (Wildman–Crippen MR) is 53.9 cm³/mol. The van der Waals surface area contributed by atoms with E-state index in [4.69, 9.17) is 0 Å². The molecule has 3 nitrogen and oxygen atoms in total. The highest BCUT2D eigenvalue weighted by Gasteiger charge is 2.15. The average molecular weight is 195 g/mol. The maximum Gasteiger partial charge on any atom is 0.214 e. The van der Waals surface area contributed by atoms with Gasteiger partial charge < -0.3 is 10.2 Å². The van der Waals surface area contributed by atoms with Crippen LogP contribution in [0.15, 0.2) is 18.3 Å². The second-order valence-corrected chi connectivity index (χ2v) is 3.64. The van der Waals surface area contributed by atoms with Gasteiger partial charge in [0, 0.05) is 43.6 Å². The van der Waals surface area contributed by atoms with Crippen molar-refractivity contribution in [3.8, 4) is 0 Å². The van der Waals surface area contributed by atoms with Crippen LogP contribution in [-0.2, 0) is 0 Å². The van der Waals surface area contributed by atoms with Gasteiger partial charge in [0.05, 0.1) is 0 Å². The van der Waals surface area contributed by atoms with E-state index in [2.05, 4.69) is 22.1 Å². The molecule has 4 heteroatoms. The fourth-order valence-corrected chi connectivity index (χ4v) is 1.76. The first-order chi connectivity index (χ1) is 6.75. The van der Waals surface area contributed by atoms with E-state index >= 15 is 0 Å². The van der Waals surface area contributed by atoms with E-state index < -0.39 is 5.95 Å². The summed E-state index contributed by atoms with van der Waals surface area (Å²) in [5.74, 6) is -0.409. The van der Waals surface area contributed by atoms with Crippen LogP contribution in [-0.4, -0.2) is 30.7 Å². The van der Waals surface area contributed by atoms with E-state index in [0.29, 0.717) is 6.04 Å². The molecule has 0 radical (unpaired) electrons. The number of hydrogen-bond acceptors (Lipinski definition) is 3. The third kappa shape index (κ3) is 2.01. The molecule has 14 heavy (non-hydrogen) atoms. The molecule has 1 N–H and O–H groups in total. The second-order valence-electron chi connectivity index (χ2n) is 3.64. The zero-order valence-corrected chi connectivity index (χ0v) is 8.20. The SMILES string of the molecule is CC1CN(c2ccnc(F)c2)CCN1. The Kier molecular flexibility index (Phi) is 2.63. The molecule has 0 aliphatic carbocycles. The van der Waals surface area contributed by atoms with Crippen LogP contribution in [0.3, 0.4) is 0 Å². The number of nitrogens with one attached hydrogen (secondary N) is 1. The van der Waals surface area contributed by atoms with Gasteiger partial charge in [-0.05, 0) is 13.0 Å². The van der Waals surface area contributed by atoms with Gasteiger partial charge in [-0.2, -0.15) is 4.39 Å². The number of nitrogens with zero attached hydrogens (tertiary/aromatic N) is 2. The molecule has 1 aromatic rings. The fourth-order valence-electron chi connectivity index (χ4n) is 1.76. The summed E-state index contributed by atoms with van der Waals surface area (Å²) in [6.07, 6.45) is 1.51. The molecule has 76 valence electrons. The molecule has 1 saturated heterocycles. The minimum atomic E-state index is -0.409. The zero-order valence-electron chi connectivity index (χ0n) is 8.20. The lowest BCUT2D eigenvalue weighted by Crippen LogP contribution is -2.49. The van der Waals surface area contributed by atoms with Crippen molar-refractivity contribution in [2.75, 3.05) is 24.5 Å². The molecule has 1 unspecified atom stereocenters. The molecule has 1 atom stereocenters. The van der Waals surface area contributed by atoms with Gasteiger partial charge in [-0.15, -0.1) is 0 Å². The van der Waals surface area contributed by atoms with Gasteiger partial charge >= 0.3 is 0 Å². The maximum atomic E-state index is 12.9. The first kappa shape index (κ1) is 9.40. The topological polar surface area (TPSA) is 28.2 Å². The number of halogens is 1. The molecule has 1 aliphatic heterocycles. The summed E-state index contributed by atoms with van der Waals surface area (Å²) < 4.78 is 12.9. The summed E-state index contributed by atoms with van der Waals surface area (Å²) in [5, 5.41) is 3.35. The first-order valence-electron chi connectivity index (χ1n) is 4.85. The third-order valence-corrected chi connectivity index (χ3v) is 2.44. The van der Waals surface area contributed by atoms with Crippen molar-refractivity contribution >= 4 is 5.69 Å². The Hall–Kier alpha value is -1.16. The highest BCUT2D eigenvalue weighted by atomic mass is 19.1. The molecule has 1 fully saturated rings. The van der Waals surface area contributed by atoms with Crippen LogP contribution in [0.2, 0.25) is 0 Å². The van der Waals surface area contributed by atoms with Gasteiger partial charge in [-0.3, -0.25) is 0 Å². The molecule has 0 bridgehead atoms. The lowest BCUT2D eigenvalue weighted by atomic mass is 10.2. The largest absolute Gasteiger partial charge is 0.369 e. The molecular formula is C10H14FN3. The number of rotatable bonds is 1. The third-order valence-electron chi connectivity index (χ3n) is 2.44. The zero-order chi connectivity index (χ0) is 9.97. The van der Waals surface area contributed by atoms with Crippen molar-refractivity contribution in [1.82, 2.24) is 10.3 Å². The first-order valence-corrected chi connectivity index (χ1v) is 4.85. The standard InChI is InChI=1S/C10H14FN3/c1-8-7-14(5-4-12-8)9-2-3-13-10(11)6-9/h2-3,6,8,12H,4-5,7H2,1H3. The Morgan fingerprint density at radius 3 is 3.21 bits per heavy atom. The molecule has 0 spiro atoms. The van der Waals surface area contributed by atoms with Crippen molar-refractivity contribution in [3.63, 3.8) is 0 Å². The van der Waals surface area contributed by atoms with Gasteiger partial charge in [0.25, 0.3) is 0 Å². The maximum absolute atomic E-state index is 12.9. The molecule has 1 aliphatic rings. The quantitative estimate of drug-likeness (QED) is 0.678. The van der Waals surface area contributed by atoms with E-state index in [1.54, 1.807) is 0 Å². The van der Waals surface area contributed by atoms with Crippen LogP contribution >= 0.6 is 0 Å². The molecule has 2 heterocycles. The Morgan fingerprint density at radius 2 is 2.50 bits per heavy atom. The van der Waals surface area contributed by atoms with Gasteiger partial charge in [0.15, 0.2) is 0 Å². The summed E-state index contributed by atoms with van der Waals surface area (Å²) in [7, 11) is 0. The Bertz CT molecular complexity index is 316. The summed E-state index contributed by atoms with van der Waals surface area (Å²) >= 11 is 0. The van der Waals surface area contributed by atoms with Crippen LogP contribution in [0, 0.1) is 5.95 Å². The molecule has 0 saturated carbocycles. The van der Waals surface area contributed by atoms with Crippen LogP contribution < -0.4 is 10.2 Å². The number of hydrogen-bond donors (Lipinski definition) is 1. The molecule has 2 rings (SSSR count). The lowest BCUT2D eigenvalue weighted by molar-refractivity contribution is 0.483. The van der Waals surface area contributed by atoms with Crippen molar-refractivity contribution in [1.29, 1.82) is 0 Å². The number of piperazine rings is 1. The Morgan fingerprint density at radius 1 is 1.64 bits per heavy atom. The summed E-state index contributed by atoms with van der Waals surface area (Å²) in [4.78, 5) is 5.72. The van der Waals surface area contributed by atoms with E-state index in [-0.39, 0.29) is 0 Å². The van der Waals surface area contributed by atoms with Gasteiger partial charge in [-0.1, -0.05) is 0 Å². The molecule has 0 amide bonds. The van der Waals surface area contributed by atoms with Gasteiger partial charge in [0.2, 0.25) is 5.95 Å². The fraction of sp³-hybridized carbons (Fsp3) is 0.500. The number of pyridine rings is 1. The summed E-state index contributed by atoms with van der Waals surface area (Å²) in [6.45, 7) is 4.92. The van der Waals surface area contributed by atoms with Crippen molar-refractivity contribution in [2.24, 2.45) is 0 Å². The van der Waals surface area contributed by atoms with Gasteiger partial charge in [-0.25, -0.2) is 4.98 Å². The Labute approximate surface area is 82.9 Å². The lowest BCUT2D eigenvalue weighted by Gasteiger charge is -2.33. The minimum Gasteiger partial charge on any atom is -0.369 e. The highest BCUT2D eigenvalue weighted by Crippen LogP contribution is 2.15.